The van der Waals surface area contributed by atoms with Crippen molar-refractivity contribution < 1.29 is 9.59 Å². The van der Waals surface area contributed by atoms with Gasteiger partial charge in [0.2, 0.25) is 5.91 Å². The molecule has 3 heterocycles. The lowest BCUT2D eigenvalue weighted by Crippen LogP contribution is -2.41. The molecule has 0 atom stereocenters. The Bertz CT molecular complexity index is 1240. The van der Waals surface area contributed by atoms with E-state index >= 15 is 0 Å². The standard InChI is InChI=1S/C20H19BrN6O2/c1-11-14(7-8-18(28)24-25-20(29)17-9-13(21)10-22-17)12(2)27-19(23-11)15-5-3-4-6-16(15)26-27/h3-6,9-10,22H,7-8H2,1-2H3,(H,24,28)(H,25,29). The summed E-state index contributed by atoms with van der Waals surface area (Å²) in [5.41, 5.74) is 9.69. The van der Waals surface area contributed by atoms with Gasteiger partial charge in [0, 0.05) is 33.9 Å². The molecule has 0 bridgehead atoms. The molecule has 2 amide bonds. The highest BCUT2D eigenvalue weighted by molar-refractivity contribution is 9.10. The molecule has 148 valence electrons. The number of carbonyl (C=O) groups excluding carboxylic acids is 2. The Balaban J connectivity index is 1.45. The van der Waals surface area contributed by atoms with E-state index in [1.54, 1.807) is 12.3 Å². The highest BCUT2D eigenvalue weighted by atomic mass is 79.9. The van der Waals surface area contributed by atoms with Crippen LogP contribution in [0.4, 0.5) is 0 Å². The molecular weight excluding hydrogens is 436 g/mol. The number of aryl methyl sites for hydroxylation is 2. The average Bonchev–Trinajstić information content (AvgIpc) is 3.30. The van der Waals surface area contributed by atoms with E-state index in [4.69, 9.17) is 4.98 Å². The second-order valence-corrected chi connectivity index (χ2v) is 7.66. The fraction of sp³-hybridized carbons (Fsp3) is 0.200. The number of fused-ring (bicyclic) bond motifs is 3. The van der Waals surface area contributed by atoms with Crippen LogP contribution >= 0.6 is 15.9 Å². The lowest BCUT2D eigenvalue weighted by atomic mass is 10.1. The van der Waals surface area contributed by atoms with Gasteiger partial charge in [0.15, 0.2) is 5.65 Å². The van der Waals surface area contributed by atoms with E-state index in [-0.39, 0.29) is 12.3 Å². The monoisotopic (exact) mass is 454 g/mol. The minimum Gasteiger partial charge on any atom is -0.356 e. The van der Waals surface area contributed by atoms with Crippen molar-refractivity contribution in [1.82, 2.24) is 30.4 Å². The first-order valence-corrected chi connectivity index (χ1v) is 9.90. The molecule has 3 aromatic heterocycles. The van der Waals surface area contributed by atoms with Gasteiger partial charge in [-0.15, -0.1) is 0 Å². The van der Waals surface area contributed by atoms with Crippen molar-refractivity contribution in [3.8, 4) is 0 Å². The number of aromatic amines is 1. The van der Waals surface area contributed by atoms with Gasteiger partial charge in [0.1, 0.15) is 5.69 Å². The fourth-order valence-electron chi connectivity index (χ4n) is 3.33. The van der Waals surface area contributed by atoms with Gasteiger partial charge in [0.05, 0.1) is 5.52 Å². The number of aromatic nitrogens is 4. The number of hydrogen-bond donors (Lipinski definition) is 3. The topological polar surface area (TPSA) is 104 Å². The lowest BCUT2D eigenvalue weighted by Gasteiger charge is -2.11. The summed E-state index contributed by atoms with van der Waals surface area (Å²) in [5.74, 6) is -0.698. The average molecular weight is 455 g/mol. The van der Waals surface area contributed by atoms with Gasteiger partial charge in [-0.1, -0.05) is 12.1 Å². The van der Waals surface area contributed by atoms with Crippen molar-refractivity contribution in [3.63, 3.8) is 0 Å². The summed E-state index contributed by atoms with van der Waals surface area (Å²) in [4.78, 5) is 31.7. The third kappa shape index (κ3) is 3.73. The summed E-state index contributed by atoms with van der Waals surface area (Å²) in [6.07, 6.45) is 2.35. The molecule has 4 rings (SSSR count). The Kier molecular flexibility index (Phi) is 5.06. The second-order valence-electron chi connectivity index (χ2n) is 6.75. The molecule has 9 heteroatoms. The van der Waals surface area contributed by atoms with Crippen LogP contribution in [0, 0.1) is 13.8 Å². The van der Waals surface area contributed by atoms with E-state index < -0.39 is 5.91 Å². The van der Waals surface area contributed by atoms with Gasteiger partial charge in [-0.05, 0) is 60.0 Å². The molecule has 1 aromatic carbocycles. The number of nitrogens with zero attached hydrogens (tertiary/aromatic N) is 3. The number of H-pyrrole nitrogens is 1. The van der Waals surface area contributed by atoms with E-state index in [1.807, 2.05) is 42.6 Å². The van der Waals surface area contributed by atoms with Crippen LogP contribution in [0.3, 0.4) is 0 Å². The molecule has 0 unspecified atom stereocenters. The quantitative estimate of drug-likeness (QED) is 0.412. The Labute approximate surface area is 174 Å². The Hall–Kier alpha value is -3.20. The molecule has 4 aromatic rings. The highest BCUT2D eigenvalue weighted by Crippen LogP contribution is 2.22. The molecule has 0 aliphatic heterocycles. The van der Waals surface area contributed by atoms with Crippen LogP contribution in [0.1, 0.15) is 33.9 Å². The van der Waals surface area contributed by atoms with Crippen LogP contribution in [0.2, 0.25) is 0 Å². The summed E-state index contributed by atoms with van der Waals surface area (Å²) in [7, 11) is 0. The Morgan fingerprint density at radius 2 is 2.00 bits per heavy atom. The Morgan fingerprint density at radius 3 is 2.76 bits per heavy atom. The molecule has 29 heavy (non-hydrogen) atoms. The van der Waals surface area contributed by atoms with Gasteiger partial charge in [-0.25, -0.2) is 9.50 Å². The zero-order chi connectivity index (χ0) is 20.5. The van der Waals surface area contributed by atoms with E-state index in [0.717, 1.165) is 38.0 Å². The van der Waals surface area contributed by atoms with Crippen LogP contribution in [-0.4, -0.2) is 31.4 Å². The first-order valence-electron chi connectivity index (χ1n) is 9.10. The number of hydrogen-bond acceptors (Lipinski definition) is 4. The van der Waals surface area contributed by atoms with Crippen molar-refractivity contribution in [1.29, 1.82) is 0 Å². The smallest absolute Gasteiger partial charge is 0.286 e. The zero-order valence-corrected chi connectivity index (χ0v) is 17.5. The Morgan fingerprint density at radius 1 is 1.21 bits per heavy atom. The van der Waals surface area contributed by atoms with Crippen LogP contribution in [-0.2, 0) is 11.2 Å². The first kappa shape index (κ1) is 19.1. The maximum Gasteiger partial charge on any atom is 0.286 e. The molecule has 0 aliphatic rings. The molecule has 0 saturated carbocycles. The van der Waals surface area contributed by atoms with Gasteiger partial charge >= 0.3 is 0 Å². The molecule has 0 saturated heterocycles. The highest BCUT2D eigenvalue weighted by Gasteiger charge is 2.15. The predicted molar refractivity (Wildman–Crippen MR) is 112 cm³/mol. The van der Waals surface area contributed by atoms with Crippen LogP contribution in [0.5, 0.6) is 0 Å². The maximum atomic E-state index is 12.2. The molecule has 3 N–H and O–H groups in total. The third-order valence-electron chi connectivity index (χ3n) is 4.83. The number of amides is 2. The third-order valence-corrected chi connectivity index (χ3v) is 5.29. The second kappa shape index (κ2) is 7.67. The number of carbonyl (C=O) groups is 2. The van der Waals surface area contributed by atoms with E-state index in [0.29, 0.717) is 12.1 Å². The van der Waals surface area contributed by atoms with Crippen LogP contribution < -0.4 is 10.9 Å². The van der Waals surface area contributed by atoms with Crippen molar-refractivity contribution in [2.45, 2.75) is 26.7 Å². The van der Waals surface area contributed by atoms with Gasteiger partial charge in [-0.3, -0.25) is 20.4 Å². The fourth-order valence-corrected chi connectivity index (χ4v) is 3.68. The van der Waals surface area contributed by atoms with Crippen molar-refractivity contribution in [2.24, 2.45) is 0 Å². The normalized spacial score (nSPS) is 11.1. The predicted octanol–water partition coefficient (Wildman–Crippen LogP) is 2.98. The number of nitrogens with one attached hydrogen (secondary N) is 3. The van der Waals surface area contributed by atoms with Crippen molar-refractivity contribution >= 4 is 44.3 Å². The summed E-state index contributed by atoms with van der Waals surface area (Å²) in [5, 5.41) is 5.63. The van der Waals surface area contributed by atoms with Gasteiger partial charge in [-0.2, -0.15) is 5.10 Å². The van der Waals surface area contributed by atoms with Crippen molar-refractivity contribution in [2.75, 3.05) is 0 Å². The maximum absolute atomic E-state index is 12.2. The van der Waals surface area contributed by atoms with Crippen LogP contribution in [0.15, 0.2) is 41.0 Å². The SMILES string of the molecule is Cc1nc2c3ccccc3nn2c(C)c1CCC(=O)NNC(=O)c1cc(Br)c[nH]1. The molecule has 0 radical (unpaired) electrons. The lowest BCUT2D eigenvalue weighted by molar-refractivity contribution is -0.121. The van der Waals surface area contributed by atoms with Crippen molar-refractivity contribution in [3.05, 3.63) is 63.6 Å². The first-order chi connectivity index (χ1) is 13.9. The largest absolute Gasteiger partial charge is 0.356 e. The summed E-state index contributed by atoms with van der Waals surface area (Å²) in [6.45, 7) is 3.92. The number of hydrazine groups is 1. The molecule has 0 spiro atoms. The molecule has 0 fully saturated rings. The number of benzene rings is 1. The minimum atomic E-state index is -0.414. The van der Waals surface area contributed by atoms with E-state index in [9.17, 15) is 9.59 Å². The minimum absolute atomic E-state index is 0.213. The summed E-state index contributed by atoms with van der Waals surface area (Å²) < 4.78 is 2.59. The number of halogens is 1. The zero-order valence-electron chi connectivity index (χ0n) is 15.9. The van der Waals surface area contributed by atoms with Gasteiger partial charge in [0.25, 0.3) is 5.91 Å². The van der Waals surface area contributed by atoms with E-state index in [2.05, 4.69) is 36.9 Å². The van der Waals surface area contributed by atoms with Gasteiger partial charge < -0.3 is 4.98 Å². The number of rotatable bonds is 4. The summed E-state index contributed by atoms with van der Waals surface area (Å²) >= 11 is 3.26. The molecule has 8 nitrogen and oxygen atoms in total. The molecular formula is C20H19BrN6O2. The molecule has 0 aliphatic carbocycles. The summed E-state index contributed by atoms with van der Waals surface area (Å²) in [6, 6.07) is 9.50. The van der Waals surface area contributed by atoms with E-state index in [1.165, 1.54) is 0 Å². The van der Waals surface area contributed by atoms with Crippen LogP contribution in [0.25, 0.3) is 16.6 Å².